The first-order valence-electron chi connectivity index (χ1n) is 7.56. The predicted octanol–water partition coefficient (Wildman–Crippen LogP) is 4.13. The number of nitro benzene ring substituents is 1. The van der Waals surface area contributed by atoms with E-state index in [4.69, 9.17) is 0 Å². The molecule has 4 nitrogen and oxygen atoms in total. The Morgan fingerprint density at radius 3 is 2.70 bits per heavy atom. The highest BCUT2D eigenvalue weighted by Crippen LogP contribution is 2.25. The van der Waals surface area contributed by atoms with Gasteiger partial charge in [-0.25, -0.2) is 0 Å². The minimum Gasteiger partial charge on any atom is -0.310 e. The summed E-state index contributed by atoms with van der Waals surface area (Å²) in [6, 6.07) is 5.69. The lowest BCUT2D eigenvalue weighted by molar-refractivity contribution is -0.385. The van der Waals surface area contributed by atoms with E-state index in [0.717, 1.165) is 23.6 Å². The number of hydrogen-bond donors (Lipinski definition) is 1. The number of hydrogen-bond acceptors (Lipinski definition) is 3. The molecule has 20 heavy (non-hydrogen) atoms. The van der Waals surface area contributed by atoms with Crippen LogP contribution >= 0.6 is 0 Å². The Hall–Kier alpha value is -1.42. The molecule has 0 radical (unpaired) electrons. The van der Waals surface area contributed by atoms with Gasteiger partial charge < -0.3 is 5.32 Å². The Kier molecular flexibility index (Phi) is 5.12. The molecule has 2 rings (SSSR count). The topological polar surface area (TPSA) is 55.2 Å². The summed E-state index contributed by atoms with van der Waals surface area (Å²) in [4.78, 5) is 10.7. The second-order valence-electron chi connectivity index (χ2n) is 5.94. The molecule has 4 heteroatoms. The molecule has 0 aliphatic heterocycles. The van der Waals surface area contributed by atoms with Crippen molar-refractivity contribution in [2.75, 3.05) is 6.54 Å². The highest BCUT2D eigenvalue weighted by molar-refractivity contribution is 5.43. The third kappa shape index (κ3) is 3.79. The number of aryl methyl sites for hydroxylation is 1. The van der Waals surface area contributed by atoms with Gasteiger partial charge in [0.1, 0.15) is 0 Å². The molecule has 0 bridgehead atoms. The third-order valence-corrected chi connectivity index (χ3v) is 4.37. The molecule has 1 aliphatic rings. The lowest BCUT2D eigenvalue weighted by Gasteiger charge is -2.24. The van der Waals surface area contributed by atoms with Gasteiger partial charge >= 0.3 is 0 Å². The maximum Gasteiger partial charge on any atom is 0.272 e. The predicted molar refractivity (Wildman–Crippen MR) is 80.8 cm³/mol. The van der Waals surface area contributed by atoms with Crippen molar-refractivity contribution in [3.05, 3.63) is 39.4 Å². The Bertz CT molecular complexity index is 468. The van der Waals surface area contributed by atoms with Crippen LogP contribution in [0, 0.1) is 23.0 Å². The molecule has 0 spiro atoms. The molecular formula is C16H24N2O2. The molecule has 1 fully saturated rings. The van der Waals surface area contributed by atoms with Gasteiger partial charge in [0, 0.05) is 17.7 Å². The zero-order valence-corrected chi connectivity index (χ0v) is 12.4. The summed E-state index contributed by atoms with van der Waals surface area (Å²) in [5.41, 5.74) is 1.94. The highest BCUT2D eigenvalue weighted by Gasteiger charge is 2.17. The average Bonchev–Trinajstić information content (AvgIpc) is 2.46. The maximum absolute atomic E-state index is 11.0. The van der Waals surface area contributed by atoms with E-state index in [0.29, 0.717) is 0 Å². The van der Waals surface area contributed by atoms with Crippen molar-refractivity contribution in [1.29, 1.82) is 0 Å². The van der Waals surface area contributed by atoms with E-state index < -0.39 is 0 Å². The van der Waals surface area contributed by atoms with Gasteiger partial charge in [0.2, 0.25) is 0 Å². The van der Waals surface area contributed by atoms with Crippen LogP contribution in [0.1, 0.15) is 56.2 Å². The first kappa shape index (κ1) is 15.0. The van der Waals surface area contributed by atoms with Crippen LogP contribution in [0.25, 0.3) is 0 Å². The molecule has 1 aliphatic carbocycles. The first-order valence-corrected chi connectivity index (χ1v) is 7.56. The van der Waals surface area contributed by atoms with Crippen LogP contribution in [0.4, 0.5) is 5.69 Å². The molecule has 0 heterocycles. The largest absolute Gasteiger partial charge is 0.310 e. The van der Waals surface area contributed by atoms with Crippen molar-refractivity contribution in [3.8, 4) is 0 Å². The van der Waals surface area contributed by atoms with Crippen molar-refractivity contribution in [3.63, 3.8) is 0 Å². The fourth-order valence-electron chi connectivity index (χ4n) is 2.95. The Balaban J connectivity index is 1.96. The highest BCUT2D eigenvalue weighted by atomic mass is 16.6. The van der Waals surface area contributed by atoms with Gasteiger partial charge in [-0.1, -0.05) is 31.4 Å². The molecule has 1 atom stereocenters. The maximum atomic E-state index is 11.0. The number of nitrogens with one attached hydrogen (secondary N) is 1. The molecule has 1 unspecified atom stereocenters. The summed E-state index contributed by atoms with van der Waals surface area (Å²) in [6.07, 6.45) is 6.69. The lowest BCUT2D eigenvalue weighted by atomic mass is 9.89. The van der Waals surface area contributed by atoms with E-state index in [1.54, 1.807) is 13.0 Å². The minimum absolute atomic E-state index is 0.163. The van der Waals surface area contributed by atoms with E-state index in [1.165, 1.54) is 32.1 Å². The van der Waals surface area contributed by atoms with Gasteiger partial charge in [-0.2, -0.15) is 0 Å². The molecule has 1 aromatic carbocycles. The molecule has 1 aromatic rings. The van der Waals surface area contributed by atoms with E-state index in [9.17, 15) is 10.1 Å². The Labute approximate surface area is 120 Å². The molecule has 0 aromatic heterocycles. The summed E-state index contributed by atoms with van der Waals surface area (Å²) in [7, 11) is 0. The fourth-order valence-corrected chi connectivity index (χ4v) is 2.95. The second kappa shape index (κ2) is 6.84. The van der Waals surface area contributed by atoms with Gasteiger partial charge in [-0.15, -0.1) is 0 Å². The molecule has 0 saturated heterocycles. The van der Waals surface area contributed by atoms with Crippen molar-refractivity contribution >= 4 is 5.69 Å². The number of nitrogens with zero attached hydrogens (tertiary/aromatic N) is 1. The van der Waals surface area contributed by atoms with Crippen molar-refractivity contribution < 1.29 is 4.92 Å². The minimum atomic E-state index is -0.299. The molecule has 1 saturated carbocycles. The van der Waals surface area contributed by atoms with Gasteiger partial charge in [-0.3, -0.25) is 10.1 Å². The number of nitro groups is 1. The van der Waals surface area contributed by atoms with Crippen LogP contribution in [0.15, 0.2) is 18.2 Å². The molecule has 110 valence electrons. The monoisotopic (exact) mass is 276 g/mol. The van der Waals surface area contributed by atoms with Crippen LogP contribution < -0.4 is 5.32 Å². The van der Waals surface area contributed by atoms with Crippen molar-refractivity contribution in [2.24, 2.45) is 5.92 Å². The SMILES string of the molecule is Cc1ccc(C(C)NCC2CCCCC2)cc1[N+](=O)[O-]. The van der Waals surface area contributed by atoms with Gasteiger partial charge in [0.15, 0.2) is 0 Å². The zero-order valence-electron chi connectivity index (χ0n) is 12.4. The fraction of sp³-hybridized carbons (Fsp3) is 0.625. The molecular weight excluding hydrogens is 252 g/mol. The summed E-state index contributed by atoms with van der Waals surface area (Å²) < 4.78 is 0. The Morgan fingerprint density at radius 2 is 2.05 bits per heavy atom. The van der Waals surface area contributed by atoms with E-state index >= 15 is 0 Å². The van der Waals surface area contributed by atoms with Gasteiger partial charge in [-0.05, 0) is 44.7 Å². The summed E-state index contributed by atoms with van der Waals surface area (Å²) in [5, 5.41) is 14.5. The average molecular weight is 276 g/mol. The van der Waals surface area contributed by atoms with Crippen molar-refractivity contribution in [1.82, 2.24) is 5.32 Å². The normalized spacial score (nSPS) is 17.9. The van der Waals surface area contributed by atoms with E-state index in [2.05, 4.69) is 12.2 Å². The first-order chi connectivity index (χ1) is 9.58. The number of rotatable bonds is 5. The van der Waals surface area contributed by atoms with Crippen LogP contribution in [0.5, 0.6) is 0 Å². The standard InChI is InChI=1S/C16H24N2O2/c1-12-8-9-15(10-16(12)18(19)20)13(2)17-11-14-6-4-3-5-7-14/h8-10,13-14,17H,3-7,11H2,1-2H3. The lowest BCUT2D eigenvalue weighted by Crippen LogP contribution is -2.27. The third-order valence-electron chi connectivity index (χ3n) is 4.37. The van der Waals surface area contributed by atoms with E-state index in [1.807, 2.05) is 12.1 Å². The van der Waals surface area contributed by atoms with Crippen LogP contribution in [0.2, 0.25) is 0 Å². The zero-order chi connectivity index (χ0) is 14.5. The quantitative estimate of drug-likeness (QED) is 0.649. The second-order valence-corrected chi connectivity index (χ2v) is 5.94. The summed E-state index contributed by atoms with van der Waals surface area (Å²) in [6.45, 7) is 4.88. The Morgan fingerprint density at radius 1 is 1.35 bits per heavy atom. The van der Waals surface area contributed by atoms with E-state index in [-0.39, 0.29) is 16.7 Å². The van der Waals surface area contributed by atoms with Gasteiger partial charge in [0.25, 0.3) is 5.69 Å². The summed E-state index contributed by atoms with van der Waals surface area (Å²) >= 11 is 0. The van der Waals surface area contributed by atoms with Crippen LogP contribution in [-0.4, -0.2) is 11.5 Å². The smallest absolute Gasteiger partial charge is 0.272 e. The van der Waals surface area contributed by atoms with Gasteiger partial charge in [0.05, 0.1) is 4.92 Å². The number of benzene rings is 1. The van der Waals surface area contributed by atoms with Crippen LogP contribution in [0.3, 0.4) is 0 Å². The van der Waals surface area contributed by atoms with Crippen molar-refractivity contribution in [2.45, 2.75) is 52.0 Å². The molecule has 1 N–H and O–H groups in total. The molecule has 0 amide bonds. The summed E-state index contributed by atoms with van der Waals surface area (Å²) in [5.74, 6) is 0.770. The van der Waals surface area contributed by atoms with Crippen LogP contribution in [-0.2, 0) is 0 Å².